The first kappa shape index (κ1) is 23.7. The Bertz CT molecular complexity index is 852. The van der Waals surface area contributed by atoms with Crippen LogP contribution in [-0.2, 0) is 22.6 Å². The zero-order valence-corrected chi connectivity index (χ0v) is 19.4. The van der Waals surface area contributed by atoms with Gasteiger partial charge in [-0.25, -0.2) is 9.38 Å². The van der Waals surface area contributed by atoms with Crippen molar-refractivity contribution < 1.29 is 13.9 Å². The van der Waals surface area contributed by atoms with Crippen LogP contribution in [-0.4, -0.2) is 57.4 Å². The van der Waals surface area contributed by atoms with Crippen molar-refractivity contribution in [2.75, 3.05) is 46.5 Å². The first-order chi connectivity index (χ1) is 15.1. The number of nitrogens with one attached hydrogen (secondary N) is 2. The molecule has 1 fully saturated rings. The maximum atomic E-state index is 13.9. The molecule has 6 nitrogen and oxygen atoms in total. The first-order valence-electron chi connectivity index (χ1n) is 10.8. The lowest BCUT2D eigenvalue weighted by Gasteiger charge is -2.34. The molecule has 0 spiro atoms. The highest BCUT2D eigenvalue weighted by molar-refractivity contribution is 7.12. The predicted octanol–water partition coefficient (Wildman–Crippen LogP) is 3.47. The quantitative estimate of drug-likeness (QED) is 0.454. The van der Waals surface area contributed by atoms with E-state index in [1.165, 1.54) is 15.8 Å². The summed E-state index contributed by atoms with van der Waals surface area (Å²) in [5.41, 5.74) is 1.50. The SMILES string of the molecule is CCNC(=NCc1ccc(F)c(COC)c1)NCC(c1ccc(C)s1)N1CCOCC1. The van der Waals surface area contributed by atoms with Gasteiger partial charge in [0.25, 0.3) is 0 Å². The van der Waals surface area contributed by atoms with E-state index in [1.54, 1.807) is 13.2 Å². The van der Waals surface area contributed by atoms with Crippen molar-refractivity contribution in [3.63, 3.8) is 0 Å². The average Bonchev–Trinajstić information content (AvgIpc) is 3.21. The van der Waals surface area contributed by atoms with Crippen LogP contribution in [0.25, 0.3) is 0 Å². The van der Waals surface area contributed by atoms with Gasteiger partial charge in [0.05, 0.1) is 32.4 Å². The fourth-order valence-corrected chi connectivity index (χ4v) is 4.64. The molecule has 1 saturated heterocycles. The predicted molar refractivity (Wildman–Crippen MR) is 124 cm³/mol. The highest BCUT2D eigenvalue weighted by Gasteiger charge is 2.24. The average molecular weight is 449 g/mol. The highest BCUT2D eigenvalue weighted by Crippen LogP contribution is 2.27. The van der Waals surface area contributed by atoms with Crippen molar-refractivity contribution in [1.82, 2.24) is 15.5 Å². The van der Waals surface area contributed by atoms with Crippen LogP contribution in [0.15, 0.2) is 35.3 Å². The maximum Gasteiger partial charge on any atom is 0.191 e. The molecule has 1 atom stereocenters. The van der Waals surface area contributed by atoms with Crippen LogP contribution < -0.4 is 10.6 Å². The summed E-state index contributed by atoms with van der Waals surface area (Å²) in [6, 6.07) is 9.74. The molecule has 2 heterocycles. The molecule has 0 radical (unpaired) electrons. The summed E-state index contributed by atoms with van der Waals surface area (Å²) < 4.78 is 24.5. The lowest BCUT2D eigenvalue weighted by atomic mass is 10.1. The summed E-state index contributed by atoms with van der Waals surface area (Å²) in [5, 5.41) is 6.83. The topological polar surface area (TPSA) is 58.1 Å². The molecule has 1 aromatic heterocycles. The van der Waals surface area contributed by atoms with E-state index >= 15 is 0 Å². The second-order valence-electron chi connectivity index (χ2n) is 7.55. The van der Waals surface area contributed by atoms with E-state index in [0.717, 1.165) is 50.9 Å². The molecular weight excluding hydrogens is 415 g/mol. The molecule has 2 N–H and O–H groups in total. The maximum absolute atomic E-state index is 13.9. The third kappa shape index (κ3) is 7.00. The number of rotatable bonds is 9. The molecule has 2 aromatic rings. The normalized spacial score (nSPS) is 16.3. The monoisotopic (exact) mass is 448 g/mol. The van der Waals surface area contributed by atoms with E-state index in [1.807, 2.05) is 24.3 Å². The fraction of sp³-hybridized carbons (Fsp3) is 0.522. The Morgan fingerprint density at radius 1 is 1.26 bits per heavy atom. The Hall–Kier alpha value is -2.00. The first-order valence-corrected chi connectivity index (χ1v) is 11.6. The lowest BCUT2D eigenvalue weighted by molar-refractivity contribution is 0.0177. The van der Waals surface area contributed by atoms with Crippen LogP contribution in [0.5, 0.6) is 0 Å². The van der Waals surface area contributed by atoms with Gasteiger partial charge in [0.2, 0.25) is 0 Å². The molecule has 170 valence electrons. The summed E-state index contributed by atoms with van der Waals surface area (Å²) in [6.07, 6.45) is 0. The number of hydrogen-bond acceptors (Lipinski definition) is 5. The molecule has 0 bridgehead atoms. The van der Waals surface area contributed by atoms with Gasteiger partial charge in [-0.05, 0) is 43.7 Å². The van der Waals surface area contributed by atoms with Crippen molar-refractivity contribution in [2.24, 2.45) is 4.99 Å². The van der Waals surface area contributed by atoms with Gasteiger partial charge in [-0.1, -0.05) is 6.07 Å². The summed E-state index contributed by atoms with van der Waals surface area (Å²) in [7, 11) is 1.57. The largest absolute Gasteiger partial charge is 0.380 e. The Kier molecular flexibility index (Phi) is 9.27. The number of morpholine rings is 1. The number of aryl methyl sites for hydroxylation is 1. The Morgan fingerprint density at radius 2 is 2.06 bits per heavy atom. The van der Waals surface area contributed by atoms with Gasteiger partial charge in [0, 0.05) is 48.6 Å². The molecule has 1 aliphatic rings. The Labute approximate surface area is 188 Å². The minimum absolute atomic E-state index is 0.251. The number of thiophene rings is 1. The fourth-order valence-electron chi connectivity index (χ4n) is 3.63. The van der Waals surface area contributed by atoms with Crippen molar-refractivity contribution in [2.45, 2.75) is 33.0 Å². The van der Waals surface area contributed by atoms with E-state index < -0.39 is 0 Å². The third-order valence-corrected chi connectivity index (χ3v) is 6.31. The summed E-state index contributed by atoms with van der Waals surface area (Å²) in [5.74, 6) is 0.505. The lowest BCUT2D eigenvalue weighted by Crippen LogP contribution is -2.46. The minimum atomic E-state index is -0.251. The summed E-state index contributed by atoms with van der Waals surface area (Å²) >= 11 is 1.84. The number of benzene rings is 1. The van der Waals surface area contributed by atoms with Gasteiger partial charge in [-0.15, -0.1) is 11.3 Å². The Morgan fingerprint density at radius 3 is 2.74 bits per heavy atom. The van der Waals surface area contributed by atoms with Gasteiger partial charge < -0.3 is 20.1 Å². The number of halogens is 1. The van der Waals surface area contributed by atoms with Crippen LogP contribution in [0.4, 0.5) is 4.39 Å². The molecule has 0 amide bonds. The number of nitrogens with zero attached hydrogens (tertiary/aromatic N) is 2. The molecule has 0 aliphatic carbocycles. The molecule has 0 saturated carbocycles. The Balaban J connectivity index is 1.69. The molecule has 1 aliphatic heterocycles. The zero-order valence-electron chi connectivity index (χ0n) is 18.6. The van der Waals surface area contributed by atoms with Crippen LogP contribution in [0, 0.1) is 12.7 Å². The smallest absolute Gasteiger partial charge is 0.191 e. The number of aliphatic imine (C=N–C) groups is 1. The van der Waals surface area contributed by atoms with Gasteiger partial charge in [0.1, 0.15) is 5.82 Å². The molecule has 1 unspecified atom stereocenters. The molecule has 8 heteroatoms. The van der Waals surface area contributed by atoms with E-state index in [2.05, 4.69) is 34.6 Å². The molecule has 31 heavy (non-hydrogen) atoms. The van der Waals surface area contributed by atoms with Crippen molar-refractivity contribution in [1.29, 1.82) is 0 Å². The summed E-state index contributed by atoms with van der Waals surface area (Å²) in [4.78, 5) is 9.87. The molecular formula is C23H33FN4O2S. The number of ether oxygens (including phenoxy) is 2. The van der Waals surface area contributed by atoms with Gasteiger partial charge in [0.15, 0.2) is 5.96 Å². The van der Waals surface area contributed by atoms with Crippen molar-refractivity contribution >= 4 is 17.3 Å². The van der Waals surface area contributed by atoms with E-state index in [-0.39, 0.29) is 18.5 Å². The van der Waals surface area contributed by atoms with Crippen LogP contribution >= 0.6 is 11.3 Å². The van der Waals surface area contributed by atoms with Gasteiger partial charge >= 0.3 is 0 Å². The number of guanidine groups is 1. The number of methoxy groups -OCH3 is 1. The number of hydrogen-bond donors (Lipinski definition) is 2. The van der Waals surface area contributed by atoms with E-state index in [0.29, 0.717) is 12.1 Å². The second kappa shape index (κ2) is 12.1. The molecule has 3 rings (SSSR count). The highest BCUT2D eigenvalue weighted by atomic mass is 32.1. The third-order valence-electron chi connectivity index (χ3n) is 5.21. The summed E-state index contributed by atoms with van der Waals surface area (Å²) in [6.45, 7) is 9.82. The van der Waals surface area contributed by atoms with E-state index in [9.17, 15) is 4.39 Å². The molecule has 1 aromatic carbocycles. The van der Waals surface area contributed by atoms with Crippen LogP contribution in [0.1, 0.15) is 33.8 Å². The van der Waals surface area contributed by atoms with Crippen molar-refractivity contribution in [3.05, 3.63) is 57.0 Å². The van der Waals surface area contributed by atoms with Gasteiger partial charge in [-0.3, -0.25) is 4.90 Å². The second-order valence-corrected chi connectivity index (χ2v) is 8.87. The van der Waals surface area contributed by atoms with Gasteiger partial charge in [-0.2, -0.15) is 0 Å². The van der Waals surface area contributed by atoms with E-state index in [4.69, 9.17) is 14.5 Å². The standard InChI is InChI=1S/C23H33FN4O2S/c1-4-25-23(26-14-18-6-7-20(24)19(13-18)16-29-3)27-15-21(22-8-5-17(2)31-22)28-9-11-30-12-10-28/h5-8,13,21H,4,9-12,14-16H2,1-3H3,(H2,25,26,27). The zero-order chi connectivity index (χ0) is 22.1. The van der Waals surface area contributed by atoms with Crippen LogP contribution in [0.2, 0.25) is 0 Å². The minimum Gasteiger partial charge on any atom is -0.380 e. The van der Waals surface area contributed by atoms with Crippen molar-refractivity contribution in [3.8, 4) is 0 Å². The van der Waals surface area contributed by atoms with Crippen LogP contribution in [0.3, 0.4) is 0 Å².